The van der Waals surface area contributed by atoms with E-state index in [0.29, 0.717) is 18.2 Å². The Morgan fingerprint density at radius 1 is 1.04 bits per heavy atom. The van der Waals surface area contributed by atoms with Crippen LogP contribution in [0.2, 0.25) is 5.02 Å². The fourth-order valence-electron chi connectivity index (χ4n) is 2.84. The van der Waals surface area contributed by atoms with E-state index in [1.54, 1.807) is 0 Å². The fraction of sp³-hybridized carbons (Fsp3) is 0.105. The first kappa shape index (κ1) is 17.1. The van der Waals surface area contributed by atoms with Gasteiger partial charge in [0.25, 0.3) is 5.95 Å². The highest BCUT2D eigenvalue weighted by atomic mass is 35.5. The fourth-order valence-corrected chi connectivity index (χ4v) is 2.96. The predicted molar refractivity (Wildman–Crippen MR) is 105 cm³/mol. The monoisotopic (exact) mass is 380 g/mol. The first-order chi connectivity index (χ1) is 13.2. The summed E-state index contributed by atoms with van der Waals surface area (Å²) in [7, 11) is 0. The van der Waals surface area contributed by atoms with Gasteiger partial charge in [-0.2, -0.15) is 0 Å². The number of halogens is 1. The molecule has 27 heavy (non-hydrogen) atoms. The number of benzene rings is 3. The summed E-state index contributed by atoms with van der Waals surface area (Å²) in [4.78, 5) is 1.34. The molecule has 0 aliphatic carbocycles. The zero-order valence-corrected chi connectivity index (χ0v) is 15.1. The molecule has 4 aromatic rings. The molecule has 0 amide bonds. The molecule has 0 aliphatic rings. The normalized spacial score (nSPS) is 10.9. The highest BCUT2D eigenvalue weighted by molar-refractivity contribution is 6.30. The van der Waals surface area contributed by atoms with Crippen molar-refractivity contribution in [3.8, 4) is 5.75 Å². The maximum absolute atomic E-state index is 6.10. The minimum Gasteiger partial charge on any atom is -0.489 e. The zero-order valence-electron chi connectivity index (χ0n) is 14.3. The Morgan fingerprint density at radius 3 is 2.63 bits per heavy atom. The number of ether oxygens (including phenoxy) is 1. The van der Waals surface area contributed by atoms with Crippen molar-refractivity contribution >= 4 is 28.3 Å². The van der Waals surface area contributed by atoms with Gasteiger partial charge in [-0.15, -0.1) is 4.79 Å². The van der Waals surface area contributed by atoms with Gasteiger partial charge in [-0.05, 0) is 45.0 Å². The molecule has 0 atom stereocenters. The Balaban J connectivity index is 1.62. The van der Waals surface area contributed by atoms with Crippen molar-refractivity contribution in [2.45, 2.75) is 13.2 Å². The first-order valence-corrected chi connectivity index (χ1v) is 8.74. The molecule has 136 valence electrons. The van der Waals surface area contributed by atoms with Gasteiger partial charge in [-0.3, -0.25) is 0 Å². The Bertz CT molecular complexity index is 1060. The summed E-state index contributed by atoms with van der Waals surface area (Å²) in [6, 6.07) is 19.7. The van der Waals surface area contributed by atoms with E-state index in [0.717, 1.165) is 27.6 Å². The Hall–Kier alpha value is -3.32. The molecular formula is C19H17ClN6O. The van der Waals surface area contributed by atoms with E-state index in [4.69, 9.17) is 22.1 Å². The average Bonchev–Trinajstić information content (AvgIpc) is 3.11. The van der Waals surface area contributed by atoms with Crippen LogP contribution in [0.5, 0.6) is 5.75 Å². The van der Waals surface area contributed by atoms with E-state index < -0.39 is 0 Å². The van der Waals surface area contributed by atoms with Gasteiger partial charge in [0.1, 0.15) is 12.4 Å². The van der Waals surface area contributed by atoms with Gasteiger partial charge in [0.2, 0.25) is 0 Å². The molecule has 8 heteroatoms. The number of tetrazole rings is 1. The van der Waals surface area contributed by atoms with Crippen LogP contribution < -0.4 is 15.9 Å². The van der Waals surface area contributed by atoms with Gasteiger partial charge in [-0.1, -0.05) is 59.2 Å². The topological polar surface area (TPSA) is 90.9 Å². The summed E-state index contributed by atoms with van der Waals surface area (Å²) < 4.78 is 6.10. The maximum atomic E-state index is 6.10. The highest BCUT2D eigenvalue weighted by Gasteiger charge is 2.11. The van der Waals surface area contributed by atoms with E-state index in [9.17, 15) is 0 Å². The second kappa shape index (κ2) is 7.51. The van der Waals surface area contributed by atoms with Crippen molar-refractivity contribution < 1.29 is 4.74 Å². The SMILES string of the molecule is Nc1nnnn1NCc1c(OCc2ccc(Cl)cc2)ccc2ccccc12. The molecule has 1 aromatic heterocycles. The molecule has 0 saturated heterocycles. The van der Waals surface area contributed by atoms with Crippen LogP contribution in [-0.4, -0.2) is 20.3 Å². The zero-order chi connectivity index (χ0) is 18.6. The Morgan fingerprint density at radius 2 is 1.85 bits per heavy atom. The number of aromatic nitrogens is 4. The number of nitrogens with two attached hydrogens (primary N) is 1. The third-order valence-corrected chi connectivity index (χ3v) is 4.46. The van der Waals surface area contributed by atoms with E-state index in [-0.39, 0.29) is 5.95 Å². The van der Waals surface area contributed by atoms with E-state index in [1.807, 2.05) is 48.5 Å². The minimum absolute atomic E-state index is 0.193. The van der Waals surface area contributed by atoms with E-state index in [2.05, 4.69) is 33.1 Å². The molecule has 4 rings (SSSR count). The lowest BCUT2D eigenvalue weighted by molar-refractivity contribution is 0.303. The number of nitrogens with one attached hydrogen (secondary N) is 1. The van der Waals surface area contributed by atoms with Gasteiger partial charge < -0.3 is 15.9 Å². The van der Waals surface area contributed by atoms with Gasteiger partial charge >= 0.3 is 0 Å². The molecular weight excluding hydrogens is 364 g/mol. The maximum Gasteiger partial charge on any atom is 0.260 e. The summed E-state index contributed by atoms with van der Waals surface area (Å²) in [5, 5.41) is 13.9. The molecule has 0 spiro atoms. The standard InChI is InChI=1S/C19H17ClN6O/c20-15-8-5-13(6-9-15)12-27-18-10-7-14-3-1-2-4-16(14)17(18)11-22-26-19(21)23-24-25-26/h1-10,22H,11-12H2,(H2,21,23,25). The number of fused-ring (bicyclic) bond motifs is 1. The lowest BCUT2D eigenvalue weighted by atomic mass is 10.0. The molecule has 0 radical (unpaired) electrons. The van der Waals surface area contributed by atoms with Crippen LogP contribution in [0.3, 0.4) is 0 Å². The molecule has 0 unspecified atom stereocenters. The van der Waals surface area contributed by atoms with Crippen molar-refractivity contribution in [2.24, 2.45) is 0 Å². The quantitative estimate of drug-likeness (QED) is 0.533. The molecule has 0 saturated carbocycles. The summed E-state index contributed by atoms with van der Waals surface area (Å²) in [6.45, 7) is 0.891. The van der Waals surface area contributed by atoms with Gasteiger partial charge in [0.15, 0.2) is 0 Å². The number of hydrogen-bond acceptors (Lipinski definition) is 6. The molecule has 0 aliphatic heterocycles. The van der Waals surface area contributed by atoms with E-state index in [1.165, 1.54) is 4.79 Å². The van der Waals surface area contributed by atoms with Crippen molar-refractivity contribution in [3.05, 3.63) is 76.8 Å². The second-order valence-corrected chi connectivity index (χ2v) is 6.40. The third-order valence-electron chi connectivity index (χ3n) is 4.20. The van der Waals surface area contributed by atoms with Crippen LogP contribution in [0, 0.1) is 0 Å². The van der Waals surface area contributed by atoms with Gasteiger partial charge in [0, 0.05) is 10.6 Å². The van der Waals surface area contributed by atoms with Crippen LogP contribution in [0.4, 0.5) is 5.95 Å². The molecule has 0 bridgehead atoms. The smallest absolute Gasteiger partial charge is 0.260 e. The summed E-state index contributed by atoms with van der Waals surface area (Å²) in [5.74, 6) is 0.974. The van der Waals surface area contributed by atoms with Crippen molar-refractivity contribution in [2.75, 3.05) is 11.2 Å². The summed E-state index contributed by atoms with van der Waals surface area (Å²) in [6.07, 6.45) is 0. The predicted octanol–water partition coefficient (Wildman–Crippen LogP) is 3.38. The number of nitrogen functional groups attached to an aromatic ring is 1. The largest absolute Gasteiger partial charge is 0.489 e. The third kappa shape index (κ3) is 3.78. The minimum atomic E-state index is 0.193. The molecule has 1 heterocycles. The highest BCUT2D eigenvalue weighted by Crippen LogP contribution is 2.29. The number of nitrogens with zero attached hydrogens (tertiary/aromatic N) is 4. The van der Waals surface area contributed by atoms with Crippen LogP contribution in [0.25, 0.3) is 10.8 Å². The Kier molecular flexibility index (Phi) is 4.76. The van der Waals surface area contributed by atoms with Crippen molar-refractivity contribution in [3.63, 3.8) is 0 Å². The van der Waals surface area contributed by atoms with Crippen LogP contribution in [0.15, 0.2) is 60.7 Å². The first-order valence-electron chi connectivity index (χ1n) is 8.36. The summed E-state index contributed by atoms with van der Waals surface area (Å²) in [5.41, 5.74) is 10.9. The molecule has 3 N–H and O–H groups in total. The lowest BCUT2D eigenvalue weighted by Crippen LogP contribution is -2.19. The molecule has 7 nitrogen and oxygen atoms in total. The number of rotatable bonds is 6. The average molecular weight is 381 g/mol. The van der Waals surface area contributed by atoms with Crippen LogP contribution in [-0.2, 0) is 13.2 Å². The number of hydrogen-bond donors (Lipinski definition) is 2. The van der Waals surface area contributed by atoms with Crippen LogP contribution in [0.1, 0.15) is 11.1 Å². The second-order valence-electron chi connectivity index (χ2n) is 5.96. The van der Waals surface area contributed by atoms with E-state index >= 15 is 0 Å². The van der Waals surface area contributed by atoms with Gasteiger partial charge in [-0.25, -0.2) is 0 Å². The van der Waals surface area contributed by atoms with Crippen molar-refractivity contribution in [1.82, 2.24) is 20.3 Å². The Labute approximate surface area is 160 Å². The van der Waals surface area contributed by atoms with Crippen LogP contribution >= 0.6 is 11.6 Å². The number of anilines is 1. The summed E-state index contributed by atoms with van der Waals surface area (Å²) >= 11 is 5.94. The molecule has 3 aromatic carbocycles. The van der Waals surface area contributed by atoms with Crippen molar-refractivity contribution in [1.29, 1.82) is 0 Å². The molecule has 0 fully saturated rings. The lowest BCUT2D eigenvalue weighted by Gasteiger charge is -2.15. The van der Waals surface area contributed by atoms with Gasteiger partial charge in [0.05, 0.1) is 6.54 Å².